The van der Waals surface area contributed by atoms with E-state index in [1.165, 1.54) is 11.1 Å². The Hall–Kier alpha value is -2.88. The Morgan fingerprint density at radius 2 is 1.35 bits per heavy atom. The van der Waals surface area contributed by atoms with Crippen LogP contribution in [0.15, 0.2) is 61.2 Å². The Labute approximate surface area is 154 Å². The highest BCUT2D eigenvalue weighted by molar-refractivity contribution is 5.77. The molecule has 0 amide bonds. The predicted octanol–water partition coefficient (Wildman–Crippen LogP) is 5.51. The van der Waals surface area contributed by atoms with Crippen LogP contribution in [0.5, 0.6) is 0 Å². The second kappa shape index (κ2) is 8.00. The summed E-state index contributed by atoms with van der Waals surface area (Å²) < 4.78 is 0. The average molecular weight is 344 g/mol. The van der Waals surface area contributed by atoms with Gasteiger partial charge in [-0.1, -0.05) is 33.8 Å². The van der Waals surface area contributed by atoms with Gasteiger partial charge in [-0.05, 0) is 53.3 Å². The topological polar surface area (TPSA) is 51.6 Å². The van der Waals surface area contributed by atoms with Crippen LogP contribution in [0, 0.1) is 0 Å². The van der Waals surface area contributed by atoms with Crippen LogP contribution in [0.3, 0.4) is 0 Å². The quantitative estimate of drug-likeness (QED) is 0.481. The maximum absolute atomic E-state index is 4.34. The minimum atomic E-state index is 0.500. The Kier molecular flexibility index (Phi) is 5.52. The van der Waals surface area contributed by atoms with Crippen molar-refractivity contribution in [2.45, 2.75) is 39.5 Å². The average Bonchev–Trinajstić information content (AvgIpc) is 2.67. The molecule has 3 heterocycles. The molecule has 26 heavy (non-hydrogen) atoms. The molecular formula is C22H24N4. The molecule has 0 atom stereocenters. The molecule has 0 aliphatic heterocycles. The fraction of sp³-hybridized carbons (Fsp3) is 0.273. The summed E-state index contributed by atoms with van der Waals surface area (Å²) in [6.45, 7) is 8.70. The van der Waals surface area contributed by atoms with Gasteiger partial charge in [-0.3, -0.25) is 19.9 Å². The van der Waals surface area contributed by atoms with E-state index in [-0.39, 0.29) is 0 Å². The zero-order chi connectivity index (χ0) is 18.5. The number of hydrogen-bond acceptors (Lipinski definition) is 4. The standard InChI is InChI=1S/2C11H12N2/c1-8(2)9-3-4-10-11(7-9)13-6-5-12-10;1-8(2)9-5-7-12-10-4-3-6-13-11(9)10/h2*3-8H,1-2H3. The molecule has 1 aromatic carbocycles. The molecule has 0 unspecified atom stereocenters. The Morgan fingerprint density at radius 1 is 0.615 bits per heavy atom. The smallest absolute Gasteiger partial charge is 0.0921 e. The van der Waals surface area contributed by atoms with Gasteiger partial charge in [-0.15, -0.1) is 0 Å². The summed E-state index contributed by atoms with van der Waals surface area (Å²) in [5.41, 5.74) is 6.54. The molecule has 0 spiro atoms. The lowest BCUT2D eigenvalue weighted by atomic mass is 10.0. The van der Waals surface area contributed by atoms with E-state index < -0.39 is 0 Å². The SMILES string of the molecule is CC(C)c1ccc2nccnc2c1.CC(C)c1ccnc2cccnc12. The molecule has 0 radical (unpaired) electrons. The summed E-state index contributed by atoms with van der Waals surface area (Å²) in [5.74, 6) is 1.05. The van der Waals surface area contributed by atoms with Gasteiger partial charge >= 0.3 is 0 Å². The summed E-state index contributed by atoms with van der Waals surface area (Å²) in [6, 6.07) is 12.2. The van der Waals surface area contributed by atoms with Gasteiger partial charge in [-0.2, -0.15) is 0 Å². The van der Waals surface area contributed by atoms with Crippen molar-refractivity contribution < 1.29 is 0 Å². The van der Waals surface area contributed by atoms with Crippen molar-refractivity contribution >= 4 is 22.1 Å². The first-order valence-corrected chi connectivity index (χ1v) is 8.96. The van der Waals surface area contributed by atoms with Crippen LogP contribution in [-0.4, -0.2) is 19.9 Å². The van der Waals surface area contributed by atoms with E-state index in [0.717, 1.165) is 22.1 Å². The number of fused-ring (bicyclic) bond motifs is 2. The number of benzene rings is 1. The van der Waals surface area contributed by atoms with Crippen LogP contribution in [0.2, 0.25) is 0 Å². The number of aromatic nitrogens is 4. The number of rotatable bonds is 2. The van der Waals surface area contributed by atoms with Crippen LogP contribution in [0.1, 0.15) is 50.7 Å². The second-order valence-corrected chi connectivity index (χ2v) is 6.89. The van der Waals surface area contributed by atoms with Crippen LogP contribution in [0.25, 0.3) is 22.1 Å². The lowest BCUT2D eigenvalue weighted by Crippen LogP contribution is -1.92. The lowest BCUT2D eigenvalue weighted by Gasteiger charge is -2.07. The Bertz CT molecular complexity index is 997. The zero-order valence-electron chi connectivity index (χ0n) is 15.7. The van der Waals surface area contributed by atoms with Gasteiger partial charge in [0.25, 0.3) is 0 Å². The Balaban J connectivity index is 0.000000151. The van der Waals surface area contributed by atoms with Gasteiger partial charge in [0.2, 0.25) is 0 Å². The third kappa shape index (κ3) is 4.02. The predicted molar refractivity (Wildman–Crippen MR) is 107 cm³/mol. The van der Waals surface area contributed by atoms with Gasteiger partial charge in [0.15, 0.2) is 0 Å². The van der Waals surface area contributed by atoms with Crippen LogP contribution >= 0.6 is 0 Å². The molecule has 0 fully saturated rings. The van der Waals surface area contributed by atoms with Crippen molar-refractivity contribution in [3.8, 4) is 0 Å². The van der Waals surface area contributed by atoms with E-state index in [1.54, 1.807) is 12.4 Å². The Morgan fingerprint density at radius 3 is 2.08 bits per heavy atom. The van der Waals surface area contributed by atoms with Crippen molar-refractivity contribution in [1.82, 2.24) is 19.9 Å². The summed E-state index contributed by atoms with van der Waals surface area (Å²) in [7, 11) is 0. The van der Waals surface area contributed by atoms with Crippen LogP contribution in [-0.2, 0) is 0 Å². The third-order valence-electron chi connectivity index (χ3n) is 4.31. The highest BCUT2D eigenvalue weighted by atomic mass is 14.8. The first-order chi connectivity index (χ1) is 12.6. The van der Waals surface area contributed by atoms with Crippen LogP contribution < -0.4 is 0 Å². The summed E-state index contributed by atoms with van der Waals surface area (Å²) >= 11 is 0. The second-order valence-electron chi connectivity index (χ2n) is 6.89. The van der Waals surface area contributed by atoms with Gasteiger partial charge in [-0.25, -0.2) is 0 Å². The number of hydrogen-bond donors (Lipinski definition) is 0. The first-order valence-electron chi connectivity index (χ1n) is 8.96. The molecule has 0 aliphatic rings. The van der Waals surface area contributed by atoms with E-state index in [2.05, 4.69) is 59.8 Å². The van der Waals surface area contributed by atoms with E-state index >= 15 is 0 Å². The largest absolute Gasteiger partial charge is 0.255 e. The summed E-state index contributed by atoms with van der Waals surface area (Å²) in [6.07, 6.45) is 7.11. The molecule has 3 aromatic heterocycles. The molecule has 0 N–H and O–H groups in total. The van der Waals surface area contributed by atoms with Crippen LogP contribution in [0.4, 0.5) is 0 Å². The lowest BCUT2D eigenvalue weighted by molar-refractivity contribution is 0.868. The van der Waals surface area contributed by atoms with E-state index in [9.17, 15) is 0 Å². The molecule has 0 saturated carbocycles. The third-order valence-corrected chi connectivity index (χ3v) is 4.31. The van der Waals surface area contributed by atoms with Crippen molar-refractivity contribution in [1.29, 1.82) is 0 Å². The van der Waals surface area contributed by atoms with Crippen molar-refractivity contribution in [2.24, 2.45) is 0 Å². The molecule has 4 heteroatoms. The molecular weight excluding hydrogens is 320 g/mol. The van der Waals surface area contributed by atoms with E-state index in [0.29, 0.717) is 11.8 Å². The number of nitrogens with zero attached hydrogens (tertiary/aromatic N) is 4. The van der Waals surface area contributed by atoms with E-state index in [4.69, 9.17) is 0 Å². The van der Waals surface area contributed by atoms with Gasteiger partial charge < -0.3 is 0 Å². The zero-order valence-corrected chi connectivity index (χ0v) is 15.7. The maximum Gasteiger partial charge on any atom is 0.0921 e. The fourth-order valence-corrected chi connectivity index (χ4v) is 2.81. The molecule has 0 saturated heterocycles. The fourth-order valence-electron chi connectivity index (χ4n) is 2.81. The summed E-state index contributed by atoms with van der Waals surface area (Å²) in [5, 5.41) is 0. The highest BCUT2D eigenvalue weighted by Gasteiger charge is 2.05. The van der Waals surface area contributed by atoms with E-state index in [1.807, 2.05) is 36.7 Å². The van der Waals surface area contributed by atoms with Crippen molar-refractivity contribution in [3.63, 3.8) is 0 Å². The summed E-state index contributed by atoms with van der Waals surface area (Å²) in [4.78, 5) is 17.1. The molecule has 4 rings (SSSR count). The minimum absolute atomic E-state index is 0.500. The van der Waals surface area contributed by atoms with Crippen molar-refractivity contribution in [3.05, 3.63) is 72.3 Å². The minimum Gasteiger partial charge on any atom is -0.255 e. The van der Waals surface area contributed by atoms with Crippen molar-refractivity contribution in [2.75, 3.05) is 0 Å². The highest BCUT2D eigenvalue weighted by Crippen LogP contribution is 2.21. The maximum atomic E-state index is 4.34. The molecule has 132 valence electrons. The van der Waals surface area contributed by atoms with Gasteiger partial charge in [0.1, 0.15) is 0 Å². The molecule has 0 aliphatic carbocycles. The van der Waals surface area contributed by atoms with Gasteiger partial charge in [0, 0.05) is 24.8 Å². The van der Waals surface area contributed by atoms with Gasteiger partial charge in [0.05, 0.1) is 22.1 Å². The molecule has 4 aromatic rings. The first kappa shape index (κ1) is 17.9. The number of pyridine rings is 2. The monoisotopic (exact) mass is 344 g/mol. The normalized spacial score (nSPS) is 11.0. The molecule has 0 bridgehead atoms. The molecule has 4 nitrogen and oxygen atoms in total.